The Hall–Kier alpha value is -1.70. The minimum atomic E-state index is 0.0937. The molecule has 0 N–H and O–H groups in total. The van der Waals surface area contributed by atoms with E-state index in [1.54, 1.807) is 6.92 Å². The Bertz CT molecular complexity index is 517. The number of Topliss-reactive ketones (excluding diaryl/α,β-unsaturated/α-hetero) is 1. The summed E-state index contributed by atoms with van der Waals surface area (Å²) in [5, 5.41) is 2.04. The highest BCUT2D eigenvalue weighted by Crippen LogP contribution is 2.21. The maximum Gasteiger partial charge on any atom is 0.162 e. The molecule has 15 heavy (non-hydrogen) atoms. The van der Waals surface area contributed by atoms with E-state index in [4.69, 9.17) is 0 Å². The van der Waals surface area contributed by atoms with Gasteiger partial charge in [-0.2, -0.15) is 0 Å². The van der Waals surface area contributed by atoms with Crippen molar-refractivity contribution in [1.82, 2.24) is 4.98 Å². The number of rotatable bonds is 2. The topological polar surface area (TPSA) is 30.0 Å². The van der Waals surface area contributed by atoms with Crippen LogP contribution in [0.1, 0.15) is 29.9 Å². The van der Waals surface area contributed by atoms with Gasteiger partial charge < -0.3 is 0 Å². The molecule has 1 aromatic heterocycles. The average Bonchev–Trinajstić information content (AvgIpc) is 2.27. The van der Waals surface area contributed by atoms with Crippen LogP contribution >= 0.6 is 0 Å². The van der Waals surface area contributed by atoms with Crippen molar-refractivity contribution in [3.8, 4) is 0 Å². The van der Waals surface area contributed by atoms with Crippen LogP contribution in [0.2, 0.25) is 0 Å². The highest BCUT2D eigenvalue weighted by Gasteiger charge is 2.11. The van der Waals surface area contributed by atoms with E-state index in [2.05, 4.69) is 4.98 Å². The molecule has 0 fully saturated rings. The summed E-state index contributed by atoms with van der Waals surface area (Å²) >= 11 is 0. The number of ketones is 1. The highest BCUT2D eigenvalue weighted by molar-refractivity contribution is 6.07. The van der Waals surface area contributed by atoms with E-state index in [1.165, 1.54) is 0 Å². The lowest BCUT2D eigenvalue weighted by Gasteiger charge is -2.07. The molecule has 0 unspecified atom stereocenters. The molecule has 0 spiro atoms. The number of hydrogen-bond acceptors (Lipinski definition) is 2. The maximum atomic E-state index is 11.6. The summed E-state index contributed by atoms with van der Waals surface area (Å²) in [6.07, 6.45) is 2.63. The van der Waals surface area contributed by atoms with Gasteiger partial charge in [0, 0.05) is 17.1 Å². The van der Waals surface area contributed by atoms with E-state index >= 15 is 0 Å². The molecule has 0 saturated heterocycles. The highest BCUT2D eigenvalue weighted by atomic mass is 16.1. The number of carbonyl (C=O) groups excluding carboxylic acids is 1. The number of hydrogen-bond donors (Lipinski definition) is 0. The quantitative estimate of drug-likeness (QED) is 0.696. The van der Waals surface area contributed by atoms with Gasteiger partial charge in [0.2, 0.25) is 0 Å². The van der Waals surface area contributed by atoms with E-state index < -0.39 is 0 Å². The summed E-state index contributed by atoms with van der Waals surface area (Å²) in [5.41, 5.74) is 1.66. The van der Waals surface area contributed by atoms with Gasteiger partial charge in [-0.15, -0.1) is 0 Å². The van der Waals surface area contributed by atoms with Gasteiger partial charge in [0.25, 0.3) is 0 Å². The Balaban J connectivity index is 2.85. The summed E-state index contributed by atoms with van der Waals surface area (Å²) in [6, 6.07) is 7.87. The van der Waals surface area contributed by atoms with Crippen molar-refractivity contribution < 1.29 is 4.79 Å². The van der Waals surface area contributed by atoms with Crippen LogP contribution in [0.4, 0.5) is 0 Å². The van der Waals surface area contributed by atoms with Crippen molar-refractivity contribution >= 4 is 16.6 Å². The van der Waals surface area contributed by atoms with Gasteiger partial charge in [-0.25, -0.2) is 0 Å². The lowest BCUT2D eigenvalue weighted by molar-refractivity contribution is 0.101. The van der Waals surface area contributed by atoms with Gasteiger partial charge in [0.1, 0.15) is 0 Å². The molecule has 0 atom stereocenters. The van der Waals surface area contributed by atoms with Crippen molar-refractivity contribution in [1.29, 1.82) is 0 Å². The first kappa shape index (κ1) is 9.84. The van der Waals surface area contributed by atoms with Gasteiger partial charge in [-0.3, -0.25) is 9.78 Å². The number of pyridine rings is 1. The van der Waals surface area contributed by atoms with Crippen LogP contribution in [-0.2, 0) is 6.42 Å². The van der Waals surface area contributed by atoms with Crippen LogP contribution in [0.5, 0.6) is 0 Å². The van der Waals surface area contributed by atoms with Crippen molar-refractivity contribution in [2.24, 2.45) is 0 Å². The molecule has 0 saturated carbocycles. The molecule has 1 heterocycles. The van der Waals surface area contributed by atoms with Gasteiger partial charge in [0.05, 0.1) is 5.69 Å². The number of aryl methyl sites for hydroxylation is 1. The Labute approximate surface area is 89.0 Å². The van der Waals surface area contributed by atoms with E-state index in [9.17, 15) is 4.79 Å². The molecular formula is C13H13NO. The lowest BCUT2D eigenvalue weighted by Crippen LogP contribution is -2.02. The molecule has 0 aliphatic heterocycles. The first-order chi connectivity index (χ1) is 7.24. The molecule has 0 aliphatic carbocycles. The fraction of sp³-hybridized carbons (Fsp3) is 0.231. The van der Waals surface area contributed by atoms with Gasteiger partial charge in [-0.05, 0) is 18.7 Å². The van der Waals surface area contributed by atoms with Crippen molar-refractivity contribution in [3.05, 3.63) is 41.7 Å². The molecule has 2 heteroatoms. The molecular weight excluding hydrogens is 186 g/mol. The largest absolute Gasteiger partial charge is 0.294 e. The summed E-state index contributed by atoms with van der Waals surface area (Å²) in [4.78, 5) is 15.9. The second-order valence-corrected chi connectivity index (χ2v) is 3.58. The first-order valence-electron chi connectivity index (χ1n) is 5.11. The fourth-order valence-corrected chi connectivity index (χ4v) is 1.87. The maximum absolute atomic E-state index is 11.6. The zero-order valence-electron chi connectivity index (χ0n) is 8.95. The molecule has 2 aromatic rings. The van der Waals surface area contributed by atoms with Crippen molar-refractivity contribution in [2.75, 3.05) is 0 Å². The third kappa shape index (κ3) is 1.63. The zero-order chi connectivity index (χ0) is 10.8. The standard InChI is InChI=1S/C13H13NO/c1-3-12-13(9(2)15)11-7-5-4-6-10(11)8-14-12/h4-8H,3H2,1-2H3. The predicted octanol–water partition coefficient (Wildman–Crippen LogP) is 3.00. The zero-order valence-corrected chi connectivity index (χ0v) is 8.95. The summed E-state index contributed by atoms with van der Waals surface area (Å²) < 4.78 is 0. The summed E-state index contributed by atoms with van der Waals surface area (Å²) in [7, 11) is 0. The first-order valence-corrected chi connectivity index (χ1v) is 5.11. The Morgan fingerprint density at radius 3 is 2.73 bits per heavy atom. The second kappa shape index (κ2) is 3.81. The summed E-state index contributed by atoms with van der Waals surface area (Å²) in [5.74, 6) is 0.0937. The molecule has 76 valence electrons. The molecule has 1 aromatic carbocycles. The molecule has 2 rings (SSSR count). The van der Waals surface area contributed by atoms with E-state index in [0.29, 0.717) is 0 Å². The number of aromatic nitrogens is 1. The third-order valence-electron chi connectivity index (χ3n) is 2.57. The van der Waals surface area contributed by atoms with Crippen LogP contribution in [0.15, 0.2) is 30.5 Å². The van der Waals surface area contributed by atoms with E-state index in [1.807, 2.05) is 37.4 Å². The average molecular weight is 199 g/mol. The van der Waals surface area contributed by atoms with Gasteiger partial charge in [-0.1, -0.05) is 31.2 Å². The Morgan fingerprint density at radius 1 is 1.33 bits per heavy atom. The Kier molecular flexibility index (Phi) is 2.50. The SMILES string of the molecule is CCc1ncc2ccccc2c1C(C)=O. The van der Waals surface area contributed by atoms with E-state index in [0.717, 1.165) is 28.5 Å². The minimum absolute atomic E-state index is 0.0937. The molecule has 0 aliphatic rings. The smallest absolute Gasteiger partial charge is 0.162 e. The molecule has 0 radical (unpaired) electrons. The second-order valence-electron chi connectivity index (χ2n) is 3.58. The molecule has 0 bridgehead atoms. The van der Waals surface area contributed by atoms with Crippen LogP contribution in [0.25, 0.3) is 10.8 Å². The Morgan fingerprint density at radius 2 is 2.07 bits per heavy atom. The number of fused-ring (bicyclic) bond motifs is 1. The van der Waals surface area contributed by atoms with Gasteiger partial charge >= 0.3 is 0 Å². The van der Waals surface area contributed by atoms with Crippen molar-refractivity contribution in [3.63, 3.8) is 0 Å². The van der Waals surface area contributed by atoms with Crippen LogP contribution in [-0.4, -0.2) is 10.8 Å². The van der Waals surface area contributed by atoms with E-state index in [-0.39, 0.29) is 5.78 Å². The molecule has 2 nitrogen and oxygen atoms in total. The van der Waals surface area contributed by atoms with Crippen LogP contribution < -0.4 is 0 Å². The predicted molar refractivity (Wildman–Crippen MR) is 61.1 cm³/mol. The number of carbonyl (C=O) groups is 1. The lowest BCUT2D eigenvalue weighted by atomic mass is 10.0. The fourth-order valence-electron chi connectivity index (χ4n) is 1.87. The van der Waals surface area contributed by atoms with Crippen LogP contribution in [0.3, 0.4) is 0 Å². The molecule has 0 amide bonds. The third-order valence-corrected chi connectivity index (χ3v) is 2.57. The number of nitrogens with zero attached hydrogens (tertiary/aromatic N) is 1. The van der Waals surface area contributed by atoms with Crippen molar-refractivity contribution in [2.45, 2.75) is 20.3 Å². The van der Waals surface area contributed by atoms with Gasteiger partial charge in [0.15, 0.2) is 5.78 Å². The van der Waals surface area contributed by atoms with Crippen LogP contribution in [0, 0.1) is 0 Å². The minimum Gasteiger partial charge on any atom is -0.294 e. The summed E-state index contributed by atoms with van der Waals surface area (Å²) in [6.45, 7) is 3.62. The number of benzene rings is 1. The monoisotopic (exact) mass is 199 g/mol. The normalized spacial score (nSPS) is 10.5.